The molecule has 27 heavy (non-hydrogen) atoms. The molecule has 0 saturated heterocycles. The molecule has 3 nitrogen and oxygen atoms in total. The normalized spacial score (nSPS) is 20.6. The lowest BCUT2D eigenvalue weighted by Gasteiger charge is -2.32. The van der Waals surface area contributed by atoms with Crippen molar-refractivity contribution in [2.45, 2.75) is 51.0 Å². The van der Waals surface area contributed by atoms with E-state index in [1.807, 2.05) is 6.08 Å². The average molecular weight is 359 g/mol. The number of allylic oxidation sites excluding steroid dienone is 2. The Kier molecular flexibility index (Phi) is 5.19. The summed E-state index contributed by atoms with van der Waals surface area (Å²) in [5.41, 5.74) is 5.38. The van der Waals surface area contributed by atoms with Crippen molar-refractivity contribution in [2.75, 3.05) is 4.90 Å². The van der Waals surface area contributed by atoms with Crippen LogP contribution in [0.3, 0.4) is 0 Å². The van der Waals surface area contributed by atoms with Gasteiger partial charge in [-0.2, -0.15) is 0 Å². The number of aryl methyl sites for hydroxylation is 2. The number of benzene rings is 2. The van der Waals surface area contributed by atoms with Crippen LogP contribution in [0, 0.1) is 0 Å². The Morgan fingerprint density at radius 3 is 1.85 bits per heavy atom. The number of Topliss-reactive ketones (excluding diaryl/α,β-unsaturated/α-hetero) is 1. The van der Waals surface area contributed by atoms with Crippen LogP contribution in [-0.4, -0.2) is 17.6 Å². The summed E-state index contributed by atoms with van der Waals surface area (Å²) in [7, 11) is 0. The van der Waals surface area contributed by atoms with E-state index in [-0.39, 0.29) is 5.78 Å². The summed E-state index contributed by atoms with van der Waals surface area (Å²) in [6.45, 7) is 0. The molecule has 0 N–H and O–H groups in total. The van der Waals surface area contributed by atoms with Crippen molar-refractivity contribution >= 4 is 22.9 Å². The van der Waals surface area contributed by atoms with Gasteiger partial charge in [0.25, 0.3) is 0 Å². The van der Waals surface area contributed by atoms with Crippen LogP contribution in [0.2, 0.25) is 0 Å². The molecule has 1 fully saturated rings. The van der Waals surface area contributed by atoms with Crippen LogP contribution in [0.25, 0.3) is 0 Å². The number of ketones is 2. The number of nitrogens with zero attached hydrogens (tertiary/aromatic N) is 1. The SMILES string of the molecule is O=C1C=CCC1.O=C1CCC(N2c3ccccc3CCc3ccccc32)C1. The highest BCUT2D eigenvalue weighted by atomic mass is 16.1. The van der Waals surface area contributed by atoms with E-state index in [0.717, 1.165) is 38.5 Å². The lowest BCUT2D eigenvalue weighted by atomic mass is 10.0. The van der Waals surface area contributed by atoms with E-state index < -0.39 is 0 Å². The smallest absolute Gasteiger partial charge is 0.155 e. The molecule has 1 aliphatic heterocycles. The van der Waals surface area contributed by atoms with Gasteiger partial charge < -0.3 is 4.90 Å². The van der Waals surface area contributed by atoms with Crippen LogP contribution in [-0.2, 0) is 22.4 Å². The van der Waals surface area contributed by atoms with Crippen LogP contribution in [0.15, 0.2) is 60.7 Å². The fourth-order valence-corrected chi connectivity index (χ4v) is 4.25. The quantitative estimate of drug-likeness (QED) is 0.723. The van der Waals surface area contributed by atoms with Crippen molar-refractivity contribution in [1.82, 2.24) is 0 Å². The molecular formula is C24H25NO2. The van der Waals surface area contributed by atoms with Gasteiger partial charge in [0, 0.05) is 36.7 Å². The Hall–Kier alpha value is -2.68. The second-order valence-corrected chi connectivity index (χ2v) is 7.47. The monoisotopic (exact) mass is 359 g/mol. The van der Waals surface area contributed by atoms with Gasteiger partial charge in [-0.1, -0.05) is 42.5 Å². The van der Waals surface area contributed by atoms with Crippen LogP contribution in [0.4, 0.5) is 11.4 Å². The maximum atomic E-state index is 11.8. The highest BCUT2D eigenvalue weighted by molar-refractivity contribution is 5.91. The molecule has 138 valence electrons. The molecule has 1 heterocycles. The Labute approximate surface area is 160 Å². The van der Waals surface area contributed by atoms with Crippen molar-refractivity contribution in [2.24, 2.45) is 0 Å². The van der Waals surface area contributed by atoms with Gasteiger partial charge in [-0.3, -0.25) is 9.59 Å². The predicted octanol–water partition coefficient (Wildman–Crippen LogP) is 4.95. The average Bonchev–Trinajstić information content (AvgIpc) is 3.30. The minimum absolute atomic E-state index is 0.273. The second-order valence-electron chi connectivity index (χ2n) is 7.47. The zero-order valence-corrected chi connectivity index (χ0v) is 15.6. The van der Waals surface area contributed by atoms with Crippen molar-refractivity contribution in [3.63, 3.8) is 0 Å². The number of hydrogen-bond donors (Lipinski definition) is 0. The number of carbonyl (C=O) groups is 2. The lowest BCUT2D eigenvalue weighted by Crippen LogP contribution is -2.29. The number of hydrogen-bond acceptors (Lipinski definition) is 3. The molecular weight excluding hydrogens is 334 g/mol. The van der Waals surface area contributed by atoms with Gasteiger partial charge in [0.1, 0.15) is 5.78 Å². The van der Waals surface area contributed by atoms with E-state index in [4.69, 9.17) is 0 Å². The summed E-state index contributed by atoms with van der Waals surface area (Å²) in [5.74, 6) is 0.675. The third-order valence-corrected chi connectivity index (χ3v) is 5.61. The highest BCUT2D eigenvalue weighted by Crippen LogP contribution is 2.40. The van der Waals surface area contributed by atoms with Crippen molar-refractivity contribution in [1.29, 1.82) is 0 Å². The van der Waals surface area contributed by atoms with Gasteiger partial charge in [-0.15, -0.1) is 0 Å². The molecule has 0 bridgehead atoms. The van der Waals surface area contributed by atoms with E-state index in [0.29, 0.717) is 18.2 Å². The lowest BCUT2D eigenvalue weighted by molar-refractivity contribution is -0.117. The zero-order valence-electron chi connectivity index (χ0n) is 15.6. The third-order valence-electron chi connectivity index (χ3n) is 5.61. The largest absolute Gasteiger partial charge is 0.337 e. The second kappa shape index (κ2) is 7.91. The molecule has 0 amide bonds. The Balaban J connectivity index is 0.000000257. The summed E-state index contributed by atoms with van der Waals surface area (Å²) in [6, 6.07) is 17.6. The molecule has 3 aliphatic rings. The van der Waals surface area contributed by atoms with Gasteiger partial charge in [-0.25, -0.2) is 0 Å². The Morgan fingerprint density at radius 1 is 0.778 bits per heavy atom. The van der Waals surface area contributed by atoms with Gasteiger partial charge in [-0.05, 0) is 55.0 Å². The molecule has 1 saturated carbocycles. The molecule has 5 rings (SSSR count). The Morgan fingerprint density at radius 2 is 1.41 bits per heavy atom. The molecule has 2 aromatic rings. The third kappa shape index (κ3) is 3.87. The number of para-hydroxylation sites is 2. The highest BCUT2D eigenvalue weighted by Gasteiger charge is 2.32. The molecule has 2 aliphatic carbocycles. The zero-order chi connectivity index (χ0) is 18.6. The fourth-order valence-electron chi connectivity index (χ4n) is 4.25. The maximum absolute atomic E-state index is 11.8. The van der Waals surface area contributed by atoms with E-state index in [1.54, 1.807) is 6.08 Å². The fraction of sp³-hybridized carbons (Fsp3) is 0.333. The summed E-state index contributed by atoms with van der Waals surface area (Å²) < 4.78 is 0. The standard InChI is InChI=1S/C19H19NO.C5H6O/c21-17-12-11-16(13-17)20-18-7-3-1-5-14(18)9-10-15-6-2-4-8-19(15)20;6-5-3-1-2-4-5/h1-8,16H,9-13H2;1,3H,2,4H2. The number of carbonyl (C=O) groups excluding carboxylic acids is 2. The molecule has 2 aromatic carbocycles. The van der Waals surface area contributed by atoms with Crippen molar-refractivity contribution in [3.8, 4) is 0 Å². The topological polar surface area (TPSA) is 37.4 Å². The number of anilines is 2. The van der Waals surface area contributed by atoms with E-state index in [1.165, 1.54) is 22.5 Å². The molecule has 0 radical (unpaired) electrons. The van der Waals surface area contributed by atoms with Crippen LogP contribution < -0.4 is 4.90 Å². The number of rotatable bonds is 1. The van der Waals surface area contributed by atoms with Crippen LogP contribution in [0.1, 0.15) is 43.2 Å². The van der Waals surface area contributed by atoms with Crippen LogP contribution in [0.5, 0.6) is 0 Å². The van der Waals surface area contributed by atoms with E-state index >= 15 is 0 Å². The minimum Gasteiger partial charge on any atom is -0.337 e. The van der Waals surface area contributed by atoms with Gasteiger partial charge in [0.05, 0.1) is 0 Å². The van der Waals surface area contributed by atoms with E-state index in [9.17, 15) is 9.59 Å². The summed E-state index contributed by atoms with van der Waals surface area (Å²) in [6.07, 6.45) is 9.77. The maximum Gasteiger partial charge on any atom is 0.155 e. The summed E-state index contributed by atoms with van der Waals surface area (Å²) >= 11 is 0. The van der Waals surface area contributed by atoms with Gasteiger partial charge in [0.2, 0.25) is 0 Å². The Bertz CT molecular complexity index is 836. The van der Waals surface area contributed by atoms with Crippen molar-refractivity contribution in [3.05, 3.63) is 71.8 Å². The first-order chi connectivity index (χ1) is 13.2. The number of fused-ring (bicyclic) bond motifs is 2. The first-order valence-corrected chi connectivity index (χ1v) is 9.88. The molecule has 1 atom stereocenters. The van der Waals surface area contributed by atoms with Gasteiger partial charge >= 0.3 is 0 Å². The molecule has 0 spiro atoms. The first-order valence-electron chi connectivity index (χ1n) is 9.88. The molecule has 3 heteroatoms. The minimum atomic E-state index is 0.273. The summed E-state index contributed by atoms with van der Waals surface area (Å²) in [5, 5.41) is 0. The van der Waals surface area contributed by atoms with E-state index in [2.05, 4.69) is 53.4 Å². The first kappa shape index (κ1) is 17.7. The molecule has 1 unspecified atom stereocenters. The van der Waals surface area contributed by atoms with Gasteiger partial charge in [0.15, 0.2) is 5.78 Å². The molecule has 0 aromatic heterocycles. The van der Waals surface area contributed by atoms with Crippen LogP contribution >= 0.6 is 0 Å². The summed E-state index contributed by atoms with van der Waals surface area (Å²) in [4.78, 5) is 24.4. The van der Waals surface area contributed by atoms with Crippen molar-refractivity contribution < 1.29 is 9.59 Å². The predicted molar refractivity (Wildman–Crippen MR) is 108 cm³/mol.